The van der Waals surface area contributed by atoms with E-state index in [1.54, 1.807) is 33.0 Å². The van der Waals surface area contributed by atoms with E-state index in [1.165, 1.54) is 7.11 Å². The highest BCUT2D eigenvalue weighted by Crippen LogP contribution is 2.26. The minimum Gasteiger partial charge on any atom is -0.507 e. The maximum atomic E-state index is 11.5. The molecule has 16 heavy (non-hydrogen) atoms. The van der Waals surface area contributed by atoms with Gasteiger partial charge in [0.05, 0.1) is 7.11 Å². The molecule has 1 aromatic carbocycles. The monoisotopic (exact) mass is 223 g/mol. The Hall–Kier alpha value is -1.55. The van der Waals surface area contributed by atoms with Crippen LogP contribution in [0.15, 0.2) is 12.1 Å². The fourth-order valence-corrected chi connectivity index (χ4v) is 1.69. The third-order valence-electron chi connectivity index (χ3n) is 2.57. The van der Waals surface area contributed by atoms with E-state index in [2.05, 4.69) is 5.32 Å². The summed E-state index contributed by atoms with van der Waals surface area (Å²) >= 11 is 0. The van der Waals surface area contributed by atoms with Crippen LogP contribution in [0.5, 0.6) is 5.75 Å². The lowest BCUT2D eigenvalue weighted by Crippen LogP contribution is -2.26. The molecule has 0 fully saturated rings. The lowest BCUT2D eigenvalue weighted by molar-refractivity contribution is -0.143. The van der Waals surface area contributed by atoms with E-state index in [0.717, 1.165) is 16.7 Å². The maximum Gasteiger partial charge on any atom is 0.327 e. The lowest BCUT2D eigenvalue weighted by atomic mass is 10.0. The summed E-state index contributed by atoms with van der Waals surface area (Å²) in [7, 11) is 3.05. The first kappa shape index (κ1) is 12.5. The number of phenolic OH excluding ortho intramolecular Hbond substituents is 1. The van der Waals surface area contributed by atoms with Crippen LogP contribution in [0.3, 0.4) is 0 Å². The van der Waals surface area contributed by atoms with Crippen molar-refractivity contribution in [1.82, 2.24) is 5.32 Å². The normalized spacial score (nSPS) is 12.2. The molecule has 88 valence electrons. The van der Waals surface area contributed by atoms with Gasteiger partial charge in [-0.15, -0.1) is 0 Å². The van der Waals surface area contributed by atoms with Gasteiger partial charge in [0, 0.05) is 0 Å². The van der Waals surface area contributed by atoms with Gasteiger partial charge in [0.25, 0.3) is 0 Å². The Labute approximate surface area is 95.2 Å². The number of hydrogen-bond acceptors (Lipinski definition) is 4. The van der Waals surface area contributed by atoms with Gasteiger partial charge in [-0.05, 0) is 37.6 Å². The number of methoxy groups -OCH3 is 1. The summed E-state index contributed by atoms with van der Waals surface area (Å²) in [4.78, 5) is 11.5. The number of aryl methyl sites for hydroxylation is 2. The van der Waals surface area contributed by atoms with Gasteiger partial charge in [0.2, 0.25) is 0 Å². The smallest absolute Gasteiger partial charge is 0.327 e. The Morgan fingerprint density at radius 1 is 1.38 bits per heavy atom. The topological polar surface area (TPSA) is 58.6 Å². The zero-order valence-electron chi connectivity index (χ0n) is 10.00. The summed E-state index contributed by atoms with van der Waals surface area (Å²) in [6.07, 6.45) is 0. The van der Waals surface area contributed by atoms with E-state index < -0.39 is 6.04 Å². The van der Waals surface area contributed by atoms with Crippen molar-refractivity contribution in [2.24, 2.45) is 0 Å². The second kappa shape index (κ2) is 4.99. The van der Waals surface area contributed by atoms with Crippen molar-refractivity contribution in [2.75, 3.05) is 14.2 Å². The van der Waals surface area contributed by atoms with Crippen LogP contribution in [-0.2, 0) is 9.53 Å². The van der Waals surface area contributed by atoms with Crippen molar-refractivity contribution < 1.29 is 14.6 Å². The number of ether oxygens (including phenoxy) is 1. The Morgan fingerprint density at radius 3 is 2.25 bits per heavy atom. The summed E-state index contributed by atoms with van der Waals surface area (Å²) in [5.41, 5.74) is 2.29. The molecule has 1 aromatic rings. The van der Waals surface area contributed by atoms with Gasteiger partial charge in [-0.1, -0.05) is 12.1 Å². The molecule has 1 unspecified atom stereocenters. The summed E-state index contributed by atoms with van der Waals surface area (Å²) < 4.78 is 4.70. The maximum absolute atomic E-state index is 11.5. The average Bonchev–Trinajstić information content (AvgIpc) is 2.26. The molecule has 0 bridgehead atoms. The van der Waals surface area contributed by atoms with Gasteiger partial charge in [-0.3, -0.25) is 0 Å². The van der Waals surface area contributed by atoms with E-state index in [0.29, 0.717) is 0 Å². The molecule has 1 atom stereocenters. The number of esters is 1. The standard InChI is InChI=1S/C12H17NO3/c1-7-5-9(6-8(2)11(7)14)10(13-3)12(15)16-4/h5-6,10,13-14H,1-4H3. The number of nitrogens with one attached hydrogen (secondary N) is 1. The molecule has 0 aliphatic heterocycles. The number of carbonyl (C=O) groups excluding carboxylic acids is 1. The van der Waals surface area contributed by atoms with Crippen molar-refractivity contribution in [3.63, 3.8) is 0 Å². The highest BCUT2D eigenvalue weighted by atomic mass is 16.5. The van der Waals surface area contributed by atoms with Crippen molar-refractivity contribution in [3.05, 3.63) is 28.8 Å². The Morgan fingerprint density at radius 2 is 1.88 bits per heavy atom. The fraction of sp³-hybridized carbons (Fsp3) is 0.417. The van der Waals surface area contributed by atoms with Gasteiger partial charge in [-0.25, -0.2) is 4.79 Å². The number of benzene rings is 1. The predicted octanol–water partition coefficient (Wildman–Crippen LogP) is 1.44. The second-order valence-electron chi connectivity index (χ2n) is 3.75. The van der Waals surface area contributed by atoms with Gasteiger partial charge in [-0.2, -0.15) is 0 Å². The van der Waals surface area contributed by atoms with Crippen molar-refractivity contribution >= 4 is 5.97 Å². The summed E-state index contributed by atoms with van der Waals surface area (Å²) in [6.45, 7) is 3.60. The van der Waals surface area contributed by atoms with E-state index >= 15 is 0 Å². The molecule has 0 radical (unpaired) electrons. The van der Waals surface area contributed by atoms with Crippen molar-refractivity contribution in [3.8, 4) is 5.75 Å². The molecule has 0 spiro atoms. The van der Waals surface area contributed by atoms with E-state index in [-0.39, 0.29) is 11.7 Å². The molecule has 4 nitrogen and oxygen atoms in total. The van der Waals surface area contributed by atoms with Crippen LogP contribution in [-0.4, -0.2) is 25.2 Å². The van der Waals surface area contributed by atoms with Crippen LogP contribution >= 0.6 is 0 Å². The van der Waals surface area contributed by atoms with Crippen molar-refractivity contribution in [1.29, 1.82) is 0 Å². The lowest BCUT2D eigenvalue weighted by Gasteiger charge is -2.16. The Balaban J connectivity index is 3.16. The van der Waals surface area contributed by atoms with Crippen LogP contribution in [0.1, 0.15) is 22.7 Å². The molecule has 0 saturated carbocycles. The first-order chi connectivity index (χ1) is 7.51. The highest BCUT2D eigenvalue weighted by Gasteiger charge is 2.20. The number of rotatable bonds is 3. The molecule has 1 rings (SSSR count). The molecule has 0 aliphatic carbocycles. The third kappa shape index (κ3) is 2.33. The first-order valence-electron chi connectivity index (χ1n) is 5.06. The predicted molar refractivity (Wildman–Crippen MR) is 61.4 cm³/mol. The molecule has 0 amide bonds. The van der Waals surface area contributed by atoms with E-state index in [9.17, 15) is 9.90 Å². The van der Waals surface area contributed by atoms with Crippen LogP contribution in [0.2, 0.25) is 0 Å². The molecule has 2 N–H and O–H groups in total. The number of phenols is 1. The van der Waals surface area contributed by atoms with Crippen molar-refractivity contribution in [2.45, 2.75) is 19.9 Å². The third-order valence-corrected chi connectivity index (χ3v) is 2.57. The molecule has 0 heterocycles. The van der Waals surface area contributed by atoms with Crippen LogP contribution in [0, 0.1) is 13.8 Å². The van der Waals surface area contributed by atoms with E-state index in [1.807, 2.05) is 0 Å². The molecular weight excluding hydrogens is 206 g/mol. The fourth-order valence-electron chi connectivity index (χ4n) is 1.69. The Kier molecular flexibility index (Phi) is 3.90. The van der Waals surface area contributed by atoms with Gasteiger partial charge < -0.3 is 15.2 Å². The minimum atomic E-state index is -0.497. The summed E-state index contributed by atoms with van der Waals surface area (Å²) in [5.74, 6) is -0.0736. The van der Waals surface area contributed by atoms with Crippen LogP contribution in [0.25, 0.3) is 0 Å². The largest absolute Gasteiger partial charge is 0.507 e. The number of hydrogen-bond donors (Lipinski definition) is 2. The van der Waals surface area contributed by atoms with Crippen LogP contribution < -0.4 is 5.32 Å². The highest BCUT2D eigenvalue weighted by molar-refractivity contribution is 5.77. The molecule has 0 saturated heterocycles. The Bertz CT molecular complexity index is 378. The molecule has 0 aliphatic rings. The van der Waals surface area contributed by atoms with Crippen LogP contribution in [0.4, 0.5) is 0 Å². The summed E-state index contributed by atoms with van der Waals surface area (Å²) in [5, 5.41) is 12.5. The number of likely N-dealkylation sites (N-methyl/N-ethyl adjacent to an activating group) is 1. The minimum absolute atomic E-state index is 0.267. The molecule has 4 heteroatoms. The quantitative estimate of drug-likeness (QED) is 0.761. The van der Waals surface area contributed by atoms with Gasteiger partial charge in [0.1, 0.15) is 11.8 Å². The molecule has 0 aromatic heterocycles. The second-order valence-corrected chi connectivity index (χ2v) is 3.75. The first-order valence-corrected chi connectivity index (χ1v) is 5.06. The SMILES string of the molecule is CNC(C(=O)OC)c1cc(C)c(O)c(C)c1. The van der Waals surface area contributed by atoms with E-state index in [4.69, 9.17) is 4.74 Å². The van der Waals surface area contributed by atoms with Gasteiger partial charge >= 0.3 is 5.97 Å². The zero-order valence-corrected chi connectivity index (χ0v) is 10.00. The number of aromatic hydroxyl groups is 1. The summed E-state index contributed by atoms with van der Waals surface area (Å²) in [6, 6.07) is 3.06. The van der Waals surface area contributed by atoms with Gasteiger partial charge in [0.15, 0.2) is 0 Å². The number of carbonyl (C=O) groups is 1. The average molecular weight is 223 g/mol. The zero-order chi connectivity index (χ0) is 12.3. The molecular formula is C12H17NO3.